The van der Waals surface area contributed by atoms with Crippen molar-refractivity contribution >= 4 is 52.1 Å². The molecule has 1 unspecified atom stereocenters. The summed E-state index contributed by atoms with van der Waals surface area (Å²) in [4.78, 5) is 11.9. The second-order valence-corrected chi connectivity index (χ2v) is 6.54. The molecule has 0 fully saturated rings. The van der Waals surface area contributed by atoms with E-state index in [2.05, 4.69) is 5.32 Å². The van der Waals surface area contributed by atoms with Gasteiger partial charge in [-0.25, -0.2) is 0 Å². The maximum Gasteiger partial charge on any atom is 0.305 e. The molecule has 0 aliphatic rings. The Labute approximate surface area is 141 Å². The molecule has 1 aromatic heterocycles. The van der Waals surface area contributed by atoms with Crippen molar-refractivity contribution in [3.05, 3.63) is 55.2 Å². The van der Waals surface area contributed by atoms with Gasteiger partial charge in [0.1, 0.15) is 0 Å². The Morgan fingerprint density at radius 1 is 1.24 bits per heavy atom. The highest BCUT2D eigenvalue weighted by Crippen LogP contribution is 2.32. The Morgan fingerprint density at radius 2 is 1.95 bits per heavy atom. The van der Waals surface area contributed by atoms with Crippen LogP contribution in [0, 0.1) is 0 Å². The molecule has 112 valence electrons. The smallest absolute Gasteiger partial charge is 0.305 e. The summed E-state index contributed by atoms with van der Waals surface area (Å²) in [5.74, 6) is -0.871. The number of carbonyl (C=O) groups is 1. The first-order valence-corrected chi connectivity index (χ1v) is 8.11. The third-order valence-electron chi connectivity index (χ3n) is 2.93. The summed E-state index contributed by atoms with van der Waals surface area (Å²) in [7, 11) is 0. The van der Waals surface area contributed by atoms with E-state index in [9.17, 15) is 4.79 Å². The van der Waals surface area contributed by atoms with Crippen LogP contribution in [0.5, 0.6) is 0 Å². The minimum atomic E-state index is -0.871. The number of nitrogens with one attached hydrogen (secondary N) is 1. The molecule has 21 heavy (non-hydrogen) atoms. The van der Waals surface area contributed by atoms with E-state index in [0.717, 1.165) is 4.88 Å². The number of benzene rings is 1. The number of thiophene rings is 1. The number of carboxylic acid groups (broad SMARTS) is 1. The second-order valence-electron chi connectivity index (χ2n) is 4.37. The lowest BCUT2D eigenvalue weighted by atomic mass is 10.1. The van der Waals surface area contributed by atoms with Gasteiger partial charge in [-0.05, 0) is 23.6 Å². The summed E-state index contributed by atoms with van der Waals surface area (Å²) in [6.45, 7) is 0.341. The fourth-order valence-electron chi connectivity index (χ4n) is 1.89. The summed E-state index contributed by atoms with van der Waals surface area (Å²) >= 11 is 19.7. The molecule has 0 bridgehead atoms. The van der Waals surface area contributed by atoms with Crippen LogP contribution in [-0.2, 0) is 11.3 Å². The molecule has 2 rings (SSSR count). The largest absolute Gasteiger partial charge is 0.481 e. The highest BCUT2D eigenvalue weighted by atomic mass is 35.5. The van der Waals surface area contributed by atoms with Gasteiger partial charge in [-0.3, -0.25) is 4.79 Å². The van der Waals surface area contributed by atoms with E-state index in [-0.39, 0.29) is 12.5 Å². The van der Waals surface area contributed by atoms with Crippen molar-refractivity contribution in [3.63, 3.8) is 0 Å². The molecule has 0 radical (unpaired) electrons. The van der Waals surface area contributed by atoms with Gasteiger partial charge >= 0.3 is 5.97 Å². The third kappa shape index (κ3) is 4.34. The lowest BCUT2D eigenvalue weighted by Crippen LogP contribution is -2.23. The van der Waals surface area contributed by atoms with E-state index in [1.54, 1.807) is 12.1 Å². The molecule has 0 saturated heterocycles. The van der Waals surface area contributed by atoms with E-state index < -0.39 is 5.97 Å². The highest BCUT2D eigenvalue weighted by Gasteiger charge is 2.18. The average Bonchev–Trinajstić information content (AvgIpc) is 2.95. The third-order valence-corrected chi connectivity index (χ3v) is 5.11. The van der Waals surface area contributed by atoms with Crippen molar-refractivity contribution in [1.29, 1.82) is 0 Å². The summed E-state index contributed by atoms with van der Waals surface area (Å²) < 4.78 is 0. The predicted molar refractivity (Wildman–Crippen MR) is 87.6 cm³/mol. The molecule has 0 aliphatic carbocycles. The van der Waals surface area contributed by atoms with Gasteiger partial charge in [-0.2, -0.15) is 0 Å². The van der Waals surface area contributed by atoms with Crippen LogP contribution < -0.4 is 5.32 Å². The van der Waals surface area contributed by atoms with Gasteiger partial charge in [-0.15, -0.1) is 11.3 Å². The van der Waals surface area contributed by atoms with Crippen LogP contribution in [0.25, 0.3) is 0 Å². The van der Waals surface area contributed by atoms with Crippen LogP contribution in [0.3, 0.4) is 0 Å². The van der Waals surface area contributed by atoms with E-state index in [4.69, 9.17) is 39.9 Å². The maximum atomic E-state index is 11.0. The molecule has 0 saturated carbocycles. The zero-order valence-electron chi connectivity index (χ0n) is 10.8. The van der Waals surface area contributed by atoms with Gasteiger partial charge in [0.2, 0.25) is 0 Å². The zero-order chi connectivity index (χ0) is 15.4. The van der Waals surface area contributed by atoms with E-state index in [1.165, 1.54) is 11.3 Å². The standard InChI is InChI=1S/C14H12Cl3NO2S/c15-9-3-4-10(16)14(17)8(9)7-18-11(6-13(19)20)12-2-1-5-21-12/h1-5,11,18H,6-7H2,(H,19,20). The Morgan fingerprint density at radius 3 is 2.57 bits per heavy atom. The molecule has 2 aromatic rings. The molecule has 1 aromatic carbocycles. The van der Waals surface area contributed by atoms with Gasteiger partial charge < -0.3 is 10.4 Å². The van der Waals surface area contributed by atoms with E-state index in [1.807, 2.05) is 17.5 Å². The summed E-state index contributed by atoms with van der Waals surface area (Å²) in [5, 5.41) is 15.4. The van der Waals surface area contributed by atoms with Gasteiger partial charge in [0.05, 0.1) is 22.5 Å². The molecule has 7 heteroatoms. The SMILES string of the molecule is O=C(O)CC(NCc1c(Cl)ccc(Cl)c1Cl)c1cccs1. The van der Waals surface area contributed by atoms with Crippen molar-refractivity contribution < 1.29 is 9.90 Å². The quantitative estimate of drug-likeness (QED) is 0.708. The molecule has 0 aliphatic heterocycles. The van der Waals surface area contributed by atoms with Crippen molar-refractivity contribution in [3.8, 4) is 0 Å². The van der Waals surface area contributed by atoms with Crippen molar-refractivity contribution in [2.24, 2.45) is 0 Å². The van der Waals surface area contributed by atoms with Crippen LogP contribution in [-0.4, -0.2) is 11.1 Å². The van der Waals surface area contributed by atoms with Crippen LogP contribution in [0.2, 0.25) is 15.1 Å². The first-order chi connectivity index (χ1) is 9.99. The molecular weight excluding hydrogens is 353 g/mol. The first-order valence-electron chi connectivity index (χ1n) is 6.10. The summed E-state index contributed by atoms with van der Waals surface area (Å²) in [6.07, 6.45) is -0.0175. The Bertz CT molecular complexity index is 631. The lowest BCUT2D eigenvalue weighted by molar-refractivity contribution is -0.137. The summed E-state index contributed by atoms with van der Waals surface area (Å²) in [6, 6.07) is 6.78. The van der Waals surface area contributed by atoms with Crippen LogP contribution in [0.15, 0.2) is 29.6 Å². The average molecular weight is 365 g/mol. The van der Waals surface area contributed by atoms with Crippen LogP contribution in [0.1, 0.15) is 22.9 Å². The fraction of sp³-hybridized carbons (Fsp3) is 0.214. The van der Waals surface area contributed by atoms with Crippen molar-refractivity contribution in [1.82, 2.24) is 5.32 Å². The topological polar surface area (TPSA) is 49.3 Å². The lowest BCUT2D eigenvalue weighted by Gasteiger charge is -2.17. The molecule has 3 nitrogen and oxygen atoms in total. The number of hydrogen-bond acceptors (Lipinski definition) is 3. The monoisotopic (exact) mass is 363 g/mol. The second kappa shape index (κ2) is 7.47. The Kier molecular flexibility index (Phi) is 5.90. The van der Waals surface area contributed by atoms with Crippen LogP contribution >= 0.6 is 46.1 Å². The summed E-state index contributed by atoms with van der Waals surface area (Å²) in [5.41, 5.74) is 0.665. The minimum absolute atomic E-state index is 0.0175. The van der Waals surface area contributed by atoms with Gasteiger partial charge in [0, 0.05) is 22.0 Å². The number of aliphatic carboxylic acids is 1. The van der Waals surface area contributed by atoms with Crippen molar-refractivity contribution in [2.75, 3.05) is 0 Å². The van der Waals surface area contributed by atoms with E-state index >= 15 is 0 Å². The molecule has 0 spiro atoms. The molecule has 0 amide bonds. The Hall–Kier alpha value is -0.780. The highest BCUT2D eigenvalue weighted by molar-refractivity contribution is 7.10. The van der Waals surface area contributed by atoms with Gasteiger partial charge in [-0.1, -0.05) is 40.9 Å². The van der Waals surface area contributed by atoms with Gasteiger partial charge in [0.15, 0.2) is 0 Å². The van der Waals surface area contributed by atoms with E-state index in [0.29, 0.717) is 27.2 Å². The number of carboxylic acids is 1. The number of halogens is 3. The molecule has 2 N–H and O–H groups in total. The molecular formula is C14H12Cl3NO2S. The minimum Gasteiger partial charge on any atom is -0.481 e. The first kappa shape index (κ1) is 16.6. The number of hydrogen-bond donors (Lipinski definition) is 2. The Balaban J connectivity index is 2.16. The molecule has 1 atom stereocenters. The predicted octanol–water partition coefficient (Wildman–Crippen LogP) is 5.01. The fourth-order valence-corrected chi connectivity index (χ4v) is 3.38. The molecule has 1 heterocycles. The number of rotatable bonds is 6. The normalized spacial score (nSPS) is 12.3. The van der Waals surface area contributed by atoms with Gasteiger partial charge in [0.25, 0.3) is 0 Å². The zero-order valence-corrected chi connectivity index (χ0v) is 13.9. The van der Waals surface area contributed by atoms with Crippen molar-refractivity contribution in [2.45, 2.75) is 19.0 Å². The maximum absolute atomic E-state index is 11.0. The van der Waals surface area contributed by atoms with Crippen LogP contribution in [0.4, 0.5) is 0 Å².